The number of halogens is 2. The second-order valence-corrected chi connectivity index (χ2v) is 4.12. The molecule has 102 valence electrons. The molecule has 1 heterocycles. The highest BCUT2D eigenvalue weighted by molar-refractivity contribution is 5.29. The summed E-state index contributed by atoms with van der Waals surface area (Å²) in [6.45, 7) is 2.57. The highest BCUT2D eigenvalue weighted by Gasteiger charge is 2.24. The van der Waals surface area contributed by atoms with Crippen LogP contribution in [0.3, 0.4) is 0 Å². The quantitative estimate of drug-likeness (QED) is 0.636. The van der Waals surface area contributed by atoms with Crippen molar-refractivity contribution in [3.63, 3.8) is 0 Å². The predicted molar refractivity (Wildman–Crippen MR) is 65.8 cm³/mol. The molecule has 0 aliphatic carbocycles. The molecule has 2 aromatic rings. The van der Waals surface area contributed by atoms with Crippen LogP contribution in [0.15, 0.2) is 24.4 Å². The van der Waals surface area contributed by atoms with Gasteiger partial charge < -0.3 is 0 Å². The zero-order valence-electron chi connectivity index (χ0n) is 10.5. The van der Waals surface area contributed by atoms with E-state index in [1.807, 2.05) is 6.92 Å². The maximum Gasteiger partial charge on any atom is 0.131 e. The van der Waals surface area contributed by atoms with Gasteiger partial charge in [0.1, 0.15) is 11.6 Å². The topological polar surface area (TPSA) is 68.8 Å². The lowest BCUT2D eigenvalue weighted by molar-refractivity contribution is 0.473. The van der Waals surface area contributed by atoms with Gasteiger partial charge in [-0.15, -0.1) is 5.10 Å². The van der Waals surface area contributed by atoms with Crippen LogP contribution in [-0.2, 0) is 6.54 Å². The largest absolute Gasteiger partial charge is 0.271 e. The van der Waals surface area contributed by atoms with Crippen molar-refractivity contribution in [3.8, 4) is 0 Å². The highest BCUT2D eigenvalue weighted by Crippen LogP contribution is 2.25. The SMILES string of the molecule is CCCn1nncc1C(NN)c1c(F)cccc1F. The lowest BCUT2D eigenvalue weighted by Gasteiger charge is -2.18. The first-order valence-electron chi connectivity index (χ1n) is 5.97. The van der Waals surface area contributed by atoms with Crippen LogP contribution in [0.5, 0.6) is 0 Å². The first-order chi connectivity index (χ1) is 9.19. The molecule has 1 unspecified atom stereocenters. The second-order valence-electron chi connectivity index (χ2n) is 4.12. The van der Waals surface area contributed by atoms with Crippen molar-refractivity contribution >= 4 is 0 Å². The van der Waals surface area contributed by atoms with Crippen LogP contribution in [0.4, 0.5) is 8.78 Å². The molecular formula is C12H15F2N5. The zero-order valence-corrected chi connectivity index (χ0v) is 10.5. The van der Waals surface area contributed by atoms with Gasteiger partial charge in [0.25, 0.3) is 0 Å². The van der Waals surface area contributed by atoms with Crippen molar-refractivity contribution < 1.29 is 8.78 Å². The monoisotopic (exact) mass is 267 g/mol. The Bertz CT molecular complexity index is 535. The number of aryl methyl sites for hydroxylation is 1. The Morgan fingerprint density at radius 1 is 1.37 bits per heavy atom. The summed E-state index contributed by atoms with van der Waals surface area (Å²) in [5.41, 5.74) is 2.81. The summed E-state index contributed by atoms with van der Waals surface area (Å²) < 4.78 is 29.2. The van der Waals surface area contributed by atoms with E-state index in [1.54, 1.807) is 4.68 Å². The van der Waals surface area contributed by atoms with Crippen molar-refractivity contribution in [1.82, 2.24) is 20.4 Å². The Morgan fingerprint density at radius 2 is 2.05 bits per heavy atom. The van der Waals surface area contributed by atoms with Gasteiger partial charge in [-0.1, -0.05) is 18.2 Å². The van der Waals surface area contributed by atoms with Crippen LogP contribution in [0.1, 0.15) is 30.6 Å². The van der Waals surface area contributed by atoms with Gasteiger partial charge in [-0.2, -0.15) is 0 Å². The predicted octanol–water partition coefficient (Wildman–Crippen LogP) is 1.52. The summed E-state index contributed by atoms with van der Waals surface area (Å²) in [5.74, 6) is 4.13. The Kier molecular flexibility index (Phi) is 4.18. The Balaban J connectivity index is 2.47. The number of hydrogen-bond acceptors (Lipinski definition) is 4. The minimum absolute atomic E-state index is 0.135. The number of hydrogen-bond donors (Lipinski definition) is 2. The molecule has 0 radical (unpaired) electrons. The normalized spacial score (nSPS) is 12.6. The van der Waals surface area contributed by atoms with Crippen molar-refractivity contribution in [2.75, 3.05) is 0 Å². The van der Waals surface area contributed by atoms with Crippen molar-refractivity contribution in [1.29, 1.82) is 0 Å². The molecule has 0 aliphatic rings. The molecule has 0 amide bonds. The molecule has 3 N–H and O–H groups in total. The van der Waals surface area contributed by atoms with E-state index < -0.39 is 17.7 Å². The number of rotatable bonds is 5. The molecule has 5 nitrogen and oxygen atoms in total. The summed E-state index contributed by atoms with van der Waals surface area (Å²) in [6.07, 6.45) is 2.28. The Hall–Kier alpha value is -1.86. The first kappa shape index (κ1) is 13.6. The van der Waals surface area contributed by atoms with Crippen molar-refractivity contribution in [3.05, 3.63) is 47.3 Å². The van der Waals surface area contributed by atoms with Crippen molar-refractivity contribution in [2.45, 2.75) is 25.9 Å². The fraction of sp³-hybridized carbons (Fsp3) is 0.333. The molecule has 7 heteroatoms. The van der Waals surface area contributed by atoms with Gasteiger partial charge in [0.2, 0.25) is 0 Å². The molecule has 0 fully saturated rings. The number of nitrogens with one attached hydrogen (secondary N) is 1. The zero-order chi connectivity index (χ0) is 13.8. The van der Waals surface area contributed by atoms with E-state index in [0.29, 0.717) is 12.2 Å². The van der Waals surface area contributed by atoms with E-state index in [2.05, 4.69) is 15.7 Å². The van der Waals surface area contributed by atoms with Crippen LogP contribution >= 0.6 is 0 Å². The van der Waals surface area contributed by atoms with Crippen molar-refractivity contribution in [2.24, 2.45) is 5.84 Å². The molecule has 0 bridgehead atoms. The maximum absolute atomic E-state index is 13.8. The minimum Gasteiger partial charge on any atom is -0.271 e. The molecule has 2 rings (SSSR count). The fourth-order valence-electron chi connectivity index (χ4n) is 1.98. The average molecular weight is 267 g/mol. The number of aromatic nitrogens is 3. The van der Waals surface area contributed by atoms with E-state index in [9.17, 15) is 8.78 Å². The molecular weight excluding hydrogens is 252 g/mol. The fourth-order valence-corrected chi connectivity index (χ4v) is 1.98. The Labute approximate surface area is 109 Å². The van der Waals surface area contributed by atoms with Crippen LogP contribution in [0.25, 0.3) is 0 Å². The van der Waals surface area contributed by atoms with Gasteiger partial charge in [0.05, 0.1) is 17.9 Å². The van der Waals surface area contributed by atoms with Crippen LogP contribution in [0.2, 0.25) is 0 Å². The molecule has 0 saturated carbocycles. The van der Waals surface area contributed by atoms with E-state index in [1.165, 1.54) is 24.4 Å². The Morgan fingerprint density at radius 3 is 2.63 bits per heavy atom. The van der Waals surface area contributed by atoms with Gasteiger partial charge >= 0.3 is 0 Å². The highest BCUT2D eigenvalue weighted by atomic mass is 19.1. The summed E-state index contributed by atoms with van der Waals surface area (Å²) in [7, 11) is 0. The minimum atomic E-state index is -0.831. The molecule has 1 aromatic heterocycles. The summed E-state index contributed by atoms with van der Waals surface area (Å²) in [6, 6.07) is 2.86. The second kappa shape index (κ2) is 5.85. The van der Waals surface area contributed by atoms with E-state index in [0.717, 1.165) is 6.42 Å². The molecule has 0 aliphatic heterocycles. The maximum atomic E-state index is 13.8. The molecule has 0 spiro atoms. The molecule has 1 atom stereocenters. The third-order valence-electron chi connectivity index (χ3n) is 2.83. The average Bonchev–Trinajstić information content (AvgIpc) is 2.83. The number of hydrazine groups is 1. The van der Waals surface area contributed by atoms with Crippen LogP contribution in [0, 0.1) is 11.6 Å². The summed E-state index contributed by atoms with van der Waals surface area (Å²) in [5, 5.41) is 7.65. The van der Waals surface area contributed by atoms with Gasteiger partial charge in [0.15, 0.2) is 0 Å². The smallest absolute Gasteiger partial charge is 0.131 e. The lowest BCUT2D eigenvalue weighted by Crippen LogP contribution is -2.32. The van der Waals surface area contributed by atoms with Crippen LogP contribution in [-0.4, -0.2) is 15.0 Å². The molecule has 1 aromatic carbocycles. The van der Waals surface area contributed by atoms with E-state index in [4.69, 9.17) is 5.84 Å². The van der Waals surface area contributed by atoms with E-state index >= 15 is 0 Å². The summed E-state index contributed by atoms with van der Waals surface area (Å²) in [4.78, 5) is 0. The third-order valence-corrected chi connectivity index (χ3v) is 2.83. The molecule has 0 saturated heterocycles. The number of nitrogens with zero attached hydrogens (tertiary/aromatic N) is 3. The number of benzene rings is 1. The summed E-state index contributed by atoms with van der Waals surface area (Å²) >= 11 is 0. The van der Waals surface area contributed by atoms with Gasteiger partial charge in [-0.25, -0.2) is 18.9 Å². The van der Waals surface area contributed by atoms with Gasteiger partial charge in [-0.3, -0.25) is 5.84 Å². The van der Waals surface area contributed by atoms with E-state index in [-0.39, 0.29) is 5.56 Å². The number of nitrogens with two attached hydrogens (primary N) is 1. The standard InChI is InChI=1S/C12H15F2N5/c1-2-6-19-10(7-16-18-19)12(17-15)11-8(13)4-3-5-9(11)14/h3-5,7,12,17H,2,6,15H2,1H3. The first-order valence-corrected chi connectivity index (χ1v) is 5.97. The van der Waals surface area contributed by atoms with Crippen LogP contribution < -0.4 is 11.3 Å². The lowest BCUT2D eigenvalue weighted by atomic mass is 10.0. The molecule has 19 heavy (non-hydrogen) atoms. The third kappa shape index (κ3) is 2.61. The van der Waals surface area contributed by atoms with Gasteiger partial charge in [0, 0.05) is 12.1 Å². The van der Waals surface area contributed by atoms with Gasteiger partial charge in [-0.05, 0) is 18.6 Å².